The lowest BCUT2D eigenvalue weighted by atomic mass is 9.65. The second-order valence-corrected chi connectivity index (χ2v) is 7.73. The van der Waals surface area contributed by atoms with Gasteiger partial charge < -0.3 is 9.47 Å². The van der Waals surface area contributed by atoms with Gasteiger partial charge in [0.1, 0.15) is 17.1 Å². The molecule has 1 saturated carbocycles. The zero-order valence-corrected chi connectivity index (χ0v) is 16.7. The molecule has 0 spiro atoms. The maximum Gasteiger partial charge on any atom is 0.177 e. The number of ketones is 1. The Morgan fingerprint density at radius 3 is 2.04 bits per heavy atom. The van der Waals surface area contributed by atoms with Crippen molar-refractivity contribution in [1.82, 2.24) is 0 Å². The van der Waals surface area contributed by atoms with E-state index in [2.05, 4.69) is 0 Å². The van der Waals surface area contributed by atoms with Crippen LogP contribution in [0.5, 0.6) is 11.5 Å². The van der Waals surface area contributed by atoms with E-state index >= 15 is 0 Å². The number of hydrogen-bond donors (Lipinski definition) is 0. The summed E-state index contributed by atoms with van der Waals surface area (Å²) in [4.78, 5) is 14.0. The molecule has 0 saturated heterocycles. The number of benzene rings is 2. The predicted octanol–water partition coefficient (Wildman–Crippen LogP) is 5.87. The van der Waals surface area contributed by atoms with Gasteiger partial charge in [-0.15, -0.1) is 0 Å². The van der Waals surface area contributed by atoms with E-state index in [0.717, 1.165) is 24.8 Å². The molecule has 0 bridgehead atoms. The van der Waals surface area contributed by atoms with E-state index in [-0.39, 0.29) is 19.9 Å². The lowest BCUT2D eigenvalue weighted by Crippen LogP contribution is -2.38. The van der Waals surface area contributed by atoms with Crippen LogP contribution in [0.25, 0.3) is 0 Å². The highest BCUT2D eigenvalue weighted by atomic mass is 31.1. The Balaban J connectivity index is 2.16. The summed E-state index contributed by atoms with van der Waals surface area (Å²) in [6.45, 7) is 0. The molecule has 1 aliphatic carbocycles. The average molecular weight is 384 g/mol. The molecule has 1 fully saturated rings. The van der Waals surface area contributed by atoms with Gasteiger partial charge in [0.05, 0.1) is 25.3 Å². The first-order chi connectivity index (χ1) is 13.2. The SMILES string of the molecule is COc1cccc(OC)c1C(=O)C1(C(P=O)c2ccccc2)CCCCC1. The molecule has 2 aromatic rings. The van der Waals surface area contributed by atoms with Crippen molar-refractivity contribution in [3.05, 3.63) is 59.7 Å². The summed E-state index contributed by atoms with van der Waals surface area (Å²) in [7, 11) is 3.08. The van der Waals surface area contributed by atoms with Crippen LogP contribution in [0.15, 0.2) is 48.5 Å². The Morgan fingerprint density at radius 1 is 0.926 bits per heavy atom. The number of rotatable bonds is 7. The molecule has 0 radical (unpaired) electrons. The van der Waals surface area contributed by atoms with Gasteiger partial charge in [0.25, 0.3) is 0 Å². The Labute approximate surface area is 162 Å². The minimum Gasteiger partial charge on any atom is -0.496 e. The van der Waals surface area contributed by atoms with Crippen LogP contribution in [0.2, 0.25) is 0 Å². The summed E-state index contributed by atoms with van der Waals surface area (Å²) >= 11 is 0. The van der Waals surface area contributed by atoms with Crippen LogP contribution in [0.4, 0.5) is 0 Å². The molecule has 4 nitrogen and oxygen atoms in total. The predicted molar refractivity (Wildman–Crippen MR) is 106 cm³/mol. The van der Waals surface area contributed by atoms with E-state index in [1.807, 2.05) is 36.4 Å². The third-order valence-corrected chi connectivity index (χ3v) is 6.60. The third kappa shape index (κ3) is 3.64. The van der Waals surface area contributed by atoms with Crippen molar-refractivity contribution in [1.29, 1.82) is 0 Å². The highest BCUT2D eigenvalue weighted by molar-refractivity contribution is 7.24. The highest BCUT2D eigenvalue weighted by Crippen LogP contribution is 2.55. The van der Waals surface area contributed by atoms with Crippen molar-refractivity contribution in [2.45, 2.75) is 37.8 Å². The molecule has 5 heteroatoms. The van der Waals surface area contributed by atoms with Crippen LogP contribution in [0.1, 0.15) is 53.7 Å². The molecule has 142 valence electrons. The Kier molecular flexibility index (Phi) is 6.28. The summed E-state index contributed by atoms with van der Waals surface area (Å²) in [6.07, 6.45) is 4.41. The van der Waals surface area contributed by atoms with Crippen LogP contribution in [-0.4, -0.2) is 20.0 Å². The van der Waals surface area contributed by atoms with Crippen LogP contribution >= 0.6 is 8.46 Å². The first-order valence-corrected chi connectivity index (χ1v) is 10.2. The molecule has 2 aromatic carbocycles. The first-order valence-electron chi connectivity index (χ1n) is 9.31. The summed E-state index contributed by atoms with van der Waals surface area (Å²) in [6, 6.07) is 15.1. The fourth-order valence-electron chi connectivity index (χ4n) is 4.25. The summed E-state index contributed by atoms with van der Waals surface area (Å²) in [5, 5.41) is 0. The van der Waals surface area contributed by atoms with Crippen LogP contribution in [0.3, 0.4) is 0 Å². The average Bonchev–Trinajstić information content (AvgIpc) is 2.74. The van der Waals surface area contributed by atoms with Gasteiger partial charge in [0, 0.05) is 0 Å². The van der Waals surface area contributed by atoms with E-state index in [4.69, 9.17) is 9.47 Å². The van der Waals surface area contributed by atoms with Gasteiger partial charge in [0.2, 0.25) is 0 Å². The topological polar surface area (TPSA) is 52.6 Å². The summed E-state index contributed by atoms with van der Waals surface area (Å²) in [5.41, 5.74) is 0.263. The molecule has 1 aliphatic rings. The number of carbonyl (C=O) groups is 1. The van der Waals surface area contributed by atoms with Gasteiger partial charge in [-0.05, 0) is 30.5 Å². The van der Waals surface area contributed by atoms with Crippen LogP contribution < -0.4 is 9.47 Å². The van der Waals surface area contributed by atoms with Crippen molar-refractivity contribution in [3.8, 4) is 11.5 Å². The maximum atomic E-state index is 14.0. The quantitative estimate of drug-likeness (QED) is 0.442. The molecule has 0 aliphatic heterocycles. The van der Waals surface area contributed by atoms with Gasteiger partial charge in [-0.25, -0.2) is 0 Å². The smallest absolute Gasteiger partial charge is 0.177 e. The normalized spacial score (nSPS) is 17.3. The third-order valence-electron chi connectivity index (χ3n) is 5.60. The van der Waals surface area contributed by atoms with Crippen LogP contribution in [-0.2, 0) is 4.57 Å². The van der Waals surface area contributed by atoms with Crippen molar-refractivity contribution < 1.29 is 18.8 Å². The summed E-state index contributed by atoms with van der Waals surface area (Å²) in [5.74, 6) is 0.964. The molecule has 0 aromatic heterocycles. The zero-order chi connectivity index (χ0) is 19.3. The maximum absolute atomic E-state index is 14.0. The molecule has 0 N–H and O–H groups in total. The van der Waals surface area contributed by atoms with E-state index in [0.29, 0.717) is 29.9 Å². The fourth-order valence-corrected chi connectivity index (χ4v) is 5.12. The molecular formula is C22H25O4P. The second-order valence-electron chi connectivity index (χ2n) is 7.00. The van der Waals surface area contributed by atoms with Crippen molar-refractivity contribution >= 4 is 14.2 Å². The largest absolute Gasteiger partial charge is 0.496 e. The van der Waals surface area contributed by atoms with Gasteiger partial charge >= 0.3 is 0 Å². The van der Waals surface area contributed by atoms with Crippen molar-refractivity contribution in [2.75, 3.05) is 14.2 Å². The number of methoxy groups -OCH3 is 2. The van der Waals surface area contributed by atoms with Gasteiger partial charge in [-0.1, -0.05) is 55.7 Å². The molecule has 1 unspecified atom stereocenters. The second kappa shape index (κ2) is 8.67. The molecule has 1 atom stereocenters. The van der Waals surface area contributed by atoms with Gasteiger partial charge in [-0.2, -0.15) is 0 Å². The summed E-state index contributed by atoms with van der Waals surface area (Å²) < 4.78 is 23.3. The van der Waals surface area contributed by atoms with E-state index in [1.54, 1.807) is 26.4 Å². The number of ether oxygens (including phenoxy) is 2. The monoisotopic (exact) mass is 384 g/mol. The zero-order valence-electron chi connectivity index (χ0n) is 15.8. The fraction of sp³-hybridized carbons (Fsp3) is 0.409. The first kappa shape index (κ1) is 19.6. The van der Waals surface area contributed by atoms with Crippen molar-refractivity contribution in [2.24, 2.45) is 5.41 Å². The Hall–Kier alpha value is -2.19. The lowest BCUT2D eigenvalue weighted by molar-refractivity contribution is 0.0693. The standard InChI is InChI=1S/C22H25O4P/c1-25-17-12-9-13-18(26-2)19(17)20(23)22(14-7-4-8-15-22)21(27-24)16-10-5-3-6-11-16/h3,5-6,9-13,21H,4,7-8,14-15H2,1-2H3. The molecule has 3 rings (SSSR count). The number of hydrogen-bond acceptors (Lipinski definition) is 4. The van der Waals surface area contributed by atoms with E-state index < -0.39 is 5.41 Å². The molecule has 0 heterocycles. The molecular weight excluding hydrogens is 359 g/mol. The van der Waals surface area contributed by atoms with Gasteiger partial charge in [0.15, 0.2) is 14.2 Å². The van der Waals surface area contributed by atoms with Crippen LogP contribution in [0, 0.1) is 5.41 Å². The molecule has 0 amide bonds. The minimum absolute atomic E-state index is 0.0329. The number of Topliss-reactive ketones (excluding diaryl/α,β-unsaturated/α-hetero) is 1. The lowest BCUT2D eigenvalue weighted by Gasteiger charge is -2.40. The molecule has 27 heavy (non-hydrogen) atoms. The number of carbonyl (C=O) groups excluding carboxylic acids is 1. The van der Waals surface area contributed by atoms with E-state index in [9.17, 15) is 9.36 Å². The highest BCUT2D eigenvalue weighted by Gasteiger charge is 2.49. The Morgan fingerprint density at radius 2 is 1.52 bits per heavy atom. The van der Waals surface area contributed by atoms with Gasteiger partial charge in [-0.3, -0.25) is 9.36 Å². The Bertz CT molecular complexity index is 775. The van der Waals surface area contributed by atoms with Crippen molar-refractivity contribution in [3.63, 3.8) is 0 Å². The van der Waals surface area contributed by atoms with E-state index in [1.165, 1.54) is 0 Å². The minimum atomic E-state index is -0.731.